The molecule has 5 heteroatoms. The van der Waals surface area contributed by atoms with E-state index in [1.54, 1.807) is 17.2 Å². The largest absolute Gasteiger partial charge is 0.395 e. The summed E-state index contributed by atoms with van der Waals surface area (Å²) in [5, 5.41) is 17.6. The second-order valence-corrected chi connectivity index (χ2v) is 3.04. The van der Waals surface area contributed by atoms with Gasteiger partial charge in [-0.25, -0.2) is 9.97 Å². The van der Waals surface area contributed by atoms with Gasteiger partial charge in [-0.2, -0.15) is 5.26 Å². The molecule has 1 rings (SSSR count). The maximum atomic E-state index is 8.91. The van der Waals surface area contributed by atoms with Crippen LogP contribution >= 0.6 is 0 Å². The van der Waals surface area contributed by atoms with Gasteiger partial charge >= 0.3 is 0 Å². The highest BCUT2D eigenvalue weighted by Gasteiger charge is 2.11. The molecule has 0 bridgehead atoms. The first-order valence-corrected chi connectivity index (χ1v) is 4.19. The summed E-state index contributed by atoms with van der Waals surface area (Å²) in [6.45, 7) is -0.222. The number of hydrogen-bond acceptors (Lipinski definition) is 5. The lowest BCUT2D eigenvalue weighted by Crippen LogP contribution is -2.14. The molecule has 1 aromatic rings. The van der Waals surface area contributed by atoms with Gasteiger partial charge in [-0.15, -0.1) is 0 Å². The van der Waals surface area contributed by atoms with Crippen molar-refractivity contribution in [2.24, 2.45) is 0 Å². The van der Waals surface area contributed by atoms with Crippen molar-refractivity contribution in [2.75, 3.05) is 25.6 Å². The molecule has 1 unspecified atom stereocenters. The Balaban J connectivity index is 3.00. The van der Waals surface area contributed by atoms with Gasteiger partial charge in [0.1, 0.15) is 5.92 Å². The van der Waals surface area contributed by atoms with Crippen molar-refractivity contribution in [3.63, 3.8) is 0 Å². The third-order valence-electron chi connectivity index (χ3n) is 1.76. The van der Waals surface area contributed by atoms with E-state index in [1.165, 1.54) is 0 Å². The van der Waals surface area contributed by atoms with Crippen LogP contribution in [0.3, 0.4) is 0 Å². The molecule has 0 aromatic carbocycles. The molecule has 14 heavy (non-hydrogen) atoms. The highest BCUT2D eigenvalue weighted by molar-refractivity contribution is 5.29. The monoisotopic (exact) mass is 192 g/mol. The molecule has 1 heterocycles. The molecule has 5 nitrogen and oxygen atoms in total. The summed E-state index contributed by atoms with van der Waals surface area (Å²) < 4.78 is 0. The van der Waals surface area contributed by atoms with Crippen molar-refractivity contribution in [2.45, 2.75) is 5.92 Å². The van der Waals surface area contributed by atoms with Crippen LogP contribution in [0.4, 0.5) is 5.95 Å². The summed E-state index contributed by atoms with van der Waals surface area (Å²) >= 11 is 0. The summed E-state index contributed by atoms with van der Waals surface area (Å²) in [5.74, 6) is -0.0344. The molecule has 1 aromatic heterocycles. The Kier molecular flexibility index (Phi) is 3.37. The SMILES string of the molecule is CN(C)c1nccc(C(C#N)CO)n1. The Morgan fingerprint density at radius 3 is 2.86 bits per heavy atom. The van der Waals surface area contributed by atoms with E-state index in [4.69, 9.17) is 10.4 Å². The second-order valence-electron chi connectivity index (χ2n) is 3.04. The molecule has 0 fully saturated rings. The summed E-state index contributed by atoms with van der Waals surface area (Å²) in [5.41, 5.74) is 0.550. The standard InChI is InChI=1S/C9H12N4O/c1-13(2)9-11-4-3-8(12-9)7(5-10)6-14/h3-4,7,14H,6H2,1-2H3. The van der Waals surface area contributed by atoms with Gasteiger partial charge < -0.3 is 10.0 Å². The molecule has 0 saturated carbocycles. The van der Waals surface area contributed by atoms with Crippen LogP contribution in [0.2, 0.25) is 0 Å². The van der Waals surface area contributed by atoms with Crippen LogP contribution < -0.4 is 4.90 Å². The van der Waals surface area contributed by atoms with Gasteiger partial charge in [-0.3, -0.25) is 0 Å². The van der Waals surface area contributed by atoms with E-state index in [0.29, 0.717) is 11.6 Å². The van der Waals surface area contributed by atoms with Crippen LogP contribution in [0, 0.1) is 11.3 Å². The number of nitrogens with zero attached hydrogens (tertiary/aromatic N) is 4. The van der Waals surface area contributed by atoms with Crippen LogP contribution in [-0.4, -0.2) is 35.8 Å². The van der Waals surface area contributed by atoms with Crippen LogP contribution in [0.25, 0.3) is 0 Å². The van der Waals surface area contributed by atoms with Gasteiger partial charge in [0.05, 0.1) is 18.4 Å². The molecule has 0 radical (unpaired) electrons. The summed E-state index contributed by atoms with van der Waals surface area (Å²) in [6.07, 6.45) is 1.58. The summed E-state index contributed by atoms with van der Waals surface area (Å²) in [7, 11) is 3.64. The van der Waals surface area contributed by atoms with E-state index in [0.717, 1.165) is 0 Å². The number of rotatable bonds is 3. The minimum atomic E-state index is -0.573. The Morgan fingerprint density at radius 2 is 2.36 bits per heavy atom. The number of hydrogen-bond donors (Lipinski definition) is 1. The summed E-state index contributed by atoms with van der Waals surface area (Å²) in [6, 6.07) is 3.61. The van der Waals surface area contributed by atoms with Crippen LogP contribution in [0.15, 0.2) is 12.3 Å². The number of anilines is 1. The van der Waals surface area contributed by atoms with E-state index < -0.39 is 5.92 Å². The highest BCUT2D eigenvalue weighted by atomic mass is 16.3. The molecule has 1 atom stereocenters. The van der Waals surface area contributed by atoms with E-state index >= 15 is 0 Å². The normalized spacial score (nSPS) is 11.9. The molecule has 0 aliphatic heterocycles. The van der Waals surface area contributed by atoms with E-state index in [2.05, 4.69) is 9.97 Å². The van der Waals surface area contributed by atoms with E-state index in [-0.39, 0.29) is 6.61 Å². The number of nitriles is 1. The zero-order valence-corrected chi connectivity index (χ0v) is 8.18. The van der Waals surface area contributed by atoms with Crippen molar-refractivity contribution in [1.82, 2.24) is 9.97 Å². The van der Waals surface area contributed by atoms with Gasteiger partial charge in [-0.05, 0) is 6.07 Å². The molecular weight excluding hydrogens is 180 g/mol. The molecule has 74 valence electrons. The molecule has 0 aliphatic rings. The number of aliphatic hydroxyl groups excluding tert-OH is 1. The lowest BCUT2D eigenvalue weighted by Gasteiger charge is -2.11. The van der Waals surface area contributed by atoms with Crippen molar-refractivity contribution in [3.8, 4) is 6.07 Å². The first-order chi connectivity index (χ1) is 6.69. The zero-order valence-electron chi connectivity index (χ0n) is 8.18. The maximum absolute atomic E-state index is 8.91. The van der Waals surface area contributed by atoms with Gasteiger partial charge in [-0.1, -0.05) is 0 Å². The Morgan fingerprint density at radius 1 is 1.64 bits per heavy atom. The zero-order chi connectivity index (χ0) is 10.6. The predicted octanol–water partition coefficient (Wildman–Crippen LogP) is 0.142. The molecule has 0 saturated heterocycles. The van der Waals surface area contributed by atoms with Gasteiger partial charge in [0.25, 0.3) is 0 Å². The van der Waals surface area contributed by atoms with Crippen molar-refractivity contribution in [3.05, 3.63) is 18.0 Å². The predicted molar refractivity (Wildman–Crippen MR) is 51.8 cm³/mol. The third kappa shape index (κ3) is 2.18. The molecular formula is C9H12N4O. The second kappa shape index (κ2) is 4.53. The lowest BCUT2D eigenvalue weighted by molar-refractivity contribution is 0.284. The molecule has 0 spiro atoms. The molecule has 0 amide bonds. The highest BCUT2D eigenvalue weighted by Crippen LogP contribution is 2.13. The minimum absolute atomic E-state index is 0.222. The maximum Gasteiger partial charge on any atom is 0.225 e. The van der Waals surface area contributed by atoms with Crippen molar-refractivity contribution < 1.29 is 5.11 Å². The van der Waals surface area contributed by atoms with Crippen LogP contribution in [0.1, 0.15) is 11.6 Å². The number of aromatic nitrogens is 2. The van der Waals surface area contributed by atoms with Crippen LogP contribution in [0.5, 0.6) is 0 Å². The molecule has 1 N–H and O–H groups in total. The quantitative estimate of drug-likeness (QED) is 0.737. The Bertz CT molecular complexity index is 345. The van der Waals surface area contributed by atoms with Crippen LogP contribution in [-0.2, 0) is 0 Å². The number of aliphatic hydroxyl groups is 1. The van der Waals surface area contributed by atoms with Gasteiger partial charge in [0.2, 0.25) is 5.95 Å². The topological polar surface area (TPSA) is 73.0 Å². The van der Waals surface area contributed by atoms with Crippen molar-refractivity contribution >= 4 is 5.95 Å². The van der Waals surface area contributed by atoms with Gasteiger partial charge in [0.15, 0.2) is 0 Å². The van der Waals surface area contributed by atoms with Gasteiger partial charge in [0, 0.05) is 20.3 Å². The fraction of sp³-hybridized carbons (Fsp3) is 0.444. The smallest absolute Gasteiger partial charge is 0.225 e. The average molecular weight is 192 g/mol. The van der Waals surface area contributed by atoms with E-state index in [1.807, 2.05) is 20.2 Å². The first-order valence-electron chi connectivity index (χ1n) is 4.19. The fourth-order valence-corrected chi connectivity index (χ4v) is 0.972. The fourth-order valence-electron chi connectivity index (χ4n) is 0.972. The van der Waals surface area contributed by atoms with Crippen molar-refractivity contribution in [1.29, 1.82) is 5.26 Å². The summed E-state index contributed by atoms with van der Waals surface area (Å²) in [4.78, 5) is 9.91. The van der Waals surface area contributed by atoms with E-state index in [9.17, 15) is 0 Å². The average Bonchev–Trinajstić information content (AvgIpc) is 2.20. The first kappa shape index (κ1) is 10.4. The minimum Gasteiger partial charge on any atom is -0.395 e. The lowest BCUT2D eigenvalue weighted by atomic mass is 10.1. The molecule has 0 aliphatic carbocycles. The Hall–Kier alpha value is -1.67. The Labute approximate surface area is 82.6 Å². The third-order valence-corrected chi connectivity index (χ3v) is 1.76.